The molecule has 20 heavy (non-hydrogen) atoms. The summed E-state index contributed by atoms with van der Waals surface area (Å²) in [5, 5.41) is 3.05. The first-order chi connectivity index (χ1) is 9.65. The molecule has 1 N–H and O–H groups in total. The third-order valence-corrected chi connectivity index (χ3v) is 3.07. The molecule has 1 unspecified atom stereocenters. The zero-order valence-electron chi connectivity index (χ0n) is 11.8. The van der Waals surface area contributed by atoms with Crippen LogP contribution in [0.4, 0.5) is 5.69 Å². The van der Waals surface area contributed by atoms with Crippen molar-refractivity contribution in [2.75, 3.05) is 11.9 Å². The van der Waals surface area contributed by atoms with Gasteiger partial charge in [-0.15, -0.1) is 0 Å². The van der Waals surface area contributed by atoms with Crippen molar-refractivity contribution in [1.29, 1.82) is 0 Å². The molecule has 1 atom stereocenters. The van der Waals surface area contributed by atoms with Crippen LogP contribution in [0.25, 0.3) is 0 Å². The van der Waals surface area contributed by atoms with Gasteiger partial charge in [-0.25, -0.2) is 0 Å². The van der Waals surface area contributed by atoms with E-state index in [0.717, 1.165) is 11.3 Å². The summed E-state index contributed by atoms with van der Waals surface area (Å²) in [7, 11) is 0. The van der Waals surface area contributed by atoms with Gasteiger partial charge in [-0.2, -0.15) is 0 Å². The lowest BCUT2D eigenvalue weighted by Crippen LogP contribution is -2.18. The highest BCUT2D eigenvalue weighted by Crippen LogP contribution is 2.16. The Morgan fingerprint density at radius 2 is 1.75 bits per heavy atom. The largest absolute Gasteiger partial charge is 0.456 e. The molecule has 2 aromatic carbocycles. The third kappa shape index (κ3) is 4.12. The van der Waals surface area contributed by atoms with E-state index in [9.17, 15) is 4.79 Å². The molecule has 104 valence electrons. The monoisotopic (exact) mass is 269 g/mol. The van der Waals surface area contributed by atoms with Gasteiger partial charge < -0.3 is 10.1 Å². The number of nitrogens with one attached hydrogen (secondary N) is 1. The molecular formula is C17H19NO2. The van der Waals surface area contributed by atoms with Gasteiger partial charge in [-0.05, 0) is 31.5 Å². The molecule has 2 aromatic rings. The quantitative estimate of drug-likeness (QED) is 0.841. The van der Waals surface area contributed by atoms with Gasteiger partial charge in [-0.3, -0.25) is 4.79 Å². The van der Waals surface area contributed by atoms with Crippen molar-refractivity contribution in [3.8, 4) is 0 Å². The van der Waals surface area contributed by atoms with Crippen molar-refractivity contribution in [1.82, 2.24) is 0 Å². The fraction of sp³-hybridized carbons (Fsp3) is 0.235. The number of anilines is 1. The maximum absolute atomic E-state index is 11.8. The predicted octanol–water partition coefficient (Wildman–Crippen LogP) is 3.71. The molecule has 0 heterocycles. The number of ether oxygens (including phenoxy) is 1. The van der Waals surface area contributed by atoms with E-state index in [2.05, 4.69) is 5.32 Å². The van der Waals surface area contributed by atoms with Crippen LogP contribution in [0.3, 0.4) is 0 Å². The highest BCUT2D eigenvalue weighted by atomic mass is 16.5. The third-order valence-electron chi connectivity index (χ3n) is 3.07. The fourth-order valence-corrected chi connectivity index (χ4v) is 1.88. The van der Waals surface area contributed by atoms with E-state index in [4.69, 9.17) is 4.74 Å². The topological polar surface area (TPSA) is 38.3 Å². The Bertz CT molecular complexity index is 549. The van der Waals surface area contributed by atoms with Crippen LogP contribution in [0.1, 0.15) is 24.2 Å². The average molecular weight is 269 g/mol. The van der Waals surface area contributed by atoms with Gasteiger partial charge in [0.1, 0.15) is 12.6 Å². The van der Waals surface area contributed by atoms with Crippen LogP contribution in [0.15, 0.2) is 54.6 Å². The highest BCUT2D eigenvalue weighted by molar-refractivity contribution is 5.75. The van der Waals surface area contributed by atoms with Crippen molar-refractivity contribution in [3.05, 3.63) is 65.7 Å². The standard InChI is InChI=1S/C17H19NO2/c1-13-8-10-16(11-9-13)18-12-17(19)20-14(2)15-6-4-3-5-7-15/h3-11,14,18H,12H2,1-2H3. The van der Waals surface area contributed by atoms with Gasteiger partial charge in [0.2, 0.25) is 0 Å². The Balaban J connectivity index is 1.82. The molecule has 0 saturated carbocycles. The first-order valence-corrected chi connectivity index (χ1v) is 6.70. The smallest absolute Gasteiger partial charge is 0.325 e. The minimum Gasteiger partial charge on any atom is -0.456 e. The molecule has 0 aliphatic heterocycles. The molecule has 0 bridgehead atoms. The maximum atomic E-state index is 11.8. The molecule has 0 radical (unpaired) electrons. The van der Waals surface area contributed by atoms with Crippen LogP contribution < -0.4 is 5.32 Å². The van der Waals surface area contributed by atoms with Gasteiger partial charge in [0, 0.05) is 5.69 Å². The SMILES string of the molecule is Cc1ccc(NCC(=O)OC(C)c2ccccc2)cc1. The van der Waals surface area contributed by atoms with Crippen molar-refractivity contribution >= 4 is 11.7 Å². The Hall–Kier alpha value is -2.29. The minimum absolute atomic E-state index is 0.167. The highest BCUT2D eigenvalue weighted by Gasteiger charge is 2.10. The van der Waals surface area contributed by atoms with Gasteiger partial charge in [-0.1, -0.05) is 48.0 Å². The molecule has 3 nitrogen and oxygen atoms in total. The Labute approximate surface area is 119 Å². The molecule has 0 spiro atoms. The molecule has 0 amide bonds. The van der Waals surface area contributed by atoms with E-state index >= 15 is 0 Å². The summed E-state index contributed by atoms with van der Waals surface area (Å²) in [6.07, 6.45) is -0.233. The van der Waals surface area contributed by atoms with Gasteiger partial charge in [0.15, 0.2) is 0 Å². The van der Waals surface area contributed by atoms with E-state index < -0.39 is 0 Å². The van der Waals surface area contributed by atoms with Gasteiger partial charge in [0.05, 0.1) is 0 Å². The van der Waals surface area contributed by atoms with E-state index in [1.807, 2.05) is 68.4 Å². The lowest BCUT2D eigenvalue weighted by Gasteiger charge is -2.14. The fourth-order valence-electron chi connectivity index (χ4n) is 1.88. The molecule has 0 aliphatic rings. The summed E-state index contributed by atoms with van der Waals surface area (Å²) in [6, 6.07) is 17.6. The second kappa shape index (κ2) is 6.75. The predicted molar refractivity (Wildman–Crippen MR) is 80.6 cm³/mol. The van der Waals surface area contributed by atoms with E-state index in [1.165, 1.54) is 5.56 Å². The van der Waals surface area contributed by atoms with Gasteiger partial charge in [0.25, 0.3) is 0 Å². The summed E-state index contributed by atoms with van der Waals surface area (Å²) in [5.74, 6) is -0.262. The molecule has 0 aromatic heterocycles. The van der Waals surface area contributed by atoms with Crippen LogP contribution in [-0.2, 0) is 9.53 Å². The van der Waals surface area contributed by atoms with Crippen molar-refractivity contribution in [2.45, 2.75) is 20.0 Å². The van der Waals surface area contributed by atoms with Crippen LogP contribution in [0.5, 0.6) is 0 Å². The summed E-state index contributed by atoms with van der Waals surface area (Å²) >= 11 is 0. The lowest BCUT2D eigenvalue weighted by atomic mass is 10.1. The van der Waals surface area contributed by atoms with Crippen LogP contribution in [0.2, 0.25) is 0 Å². The molecule has 0 saturated heterocycles. The molecule has 0 aliphatic carbocycles. The summed E-state index contributed by atoms with van der Waals surface area (Å²) in [4.78, 5) is 11.8. The van der Waals surface area contributed by atoms with Gasteiger partial charge >= 0.3 is 5.97 Å². The van der Waals surface area contributed by atoms with E-state index in [0.29, 0.717) is 0 Å². The Morgan fingerprint density at radius 3 is 2.40 bits per heavy atom. The number of carbonyl (C=O) groups excluding carboxylic acids is 1. The number of esters is 1. The van der Waals surface area contributed by atoms with Crippen LogP contribution in [-0.4, -0.2) is 12.5 Å². The minimum atomic E-state index is -0.262. The second-order valence-corrected chi connectivity index (χ2v) is 4.76. The summed E-state index contributed by atoms with van der Waals surface area (Å²) in [6.45, 7) is 4.07. The zero-order chi connectivity index (χ0) is 14.4. The Kier molecular flexibility index (Phi) is 4.77. The zero-order valence-corrected chi connectivity index (χ0v) is 11.8. The van der Waals surface area contributed by atoms with Crippen LogP contribution >= 0.6 is 0 Å². The Morgan fingerprint density at radius 1 is 1.10 bits per heavy atom. The number of aryl methyl sites for hydroxylation is 1. The first-order valence-electron chi connectivity index (χ1n) is 6.70. The number of hydrogen-bond acceptors (Lipinski definition) is 3. The summed E-state index contributed by atoms with van der Waals surface area (Å²) < 4.78 is 5.38. The molecular weight excluding hydrogens is 250 g/mol. The van der Waals surface area contributed by atoms with E-state index in [-0.39, 0.29) is 18.6 Å². The molecule has 2 rings (SSSR count). The number of carbonyl (C=O) groups is 1. The summed E-state index contributed by atoms with van der Waals surface area (Å²) in [5.41, 5.74) is 3.10. The van der Waals surface area contributed by atoms with Crippen molar-refractivity contribution in [3.63, 3.8) is 0 Å². The molecule has 3 heteroatoms. The average Bonchev–Trinajstić information content (AvgIpc) is 2.47. The second-order valence-electron chi connectivity index (χ2n) is 4.76. The van der Waals surface area contributed by atoms with E-state index in [1.54, 1.807) is 0 Å². The number of rotatable bonds is 5. The maximum Gasteiger partial charge on any atom is 0.325 e. The normalized spacial score (nSPS) is 11.7. The first kappa shape index (κ1) is 14.1. The number of benzene rings is 2. The van der Waals surface area contributed by atoms with Crippen LogP contribution in [0, 0.1) is 6.92 Å². The molecule has 0 fully saturated rings. The van der Waals surface area contributed by atoms with Crippen molar-refractivity contribution < 1.29 is 9.53 Å². The lowest BCUT2D eigenvalue weighted by molar-refractivity contribution is -0.146. The van der Waals surface area contributed by atoms with Crippen molar-refractivity contribution in [2.24, 2.45) is 0 Å². The number of hydrogen-bond donors (Lipinski definition) is 1.